The first kappa shape index (κ1) is 14.8. The summed E-state index contributed by atoms with van der Waals surface area (Å²) in [4.78, 5) is 25.8. The van der Waals surface area contributed by atoms with Crippen LogP contribution in [0.15, 0.2) is 24.4 Å². The van der Waals surface area contributed by atoms with E-state index in [1.54, 1.807) is 6.20 Å². The molecule has 1 amide bonds. The van der Waals surface area contributed by atoms with Gasteiger partial charge in [0.25, 0.3) is 5.91 Å². The summed E-state index contributed by atoms with van der Waals surface area (Å²) in [5.41, 5.74) is 5.21. The Labute approximate surface area is 146 Å². The topological polar surface area (TPSA) is 58.6 Å². The molecule has 2 aliphatic heterocycles. The number of hydrogen-bond acceptors (Lipinski definition) is 5. The van der Waals surface area contributed by atoms with Gasteiger partial charge in [-0.25, -0.2) is 9.97 Å². The van der Waals surface area contributed by atoms with Crippen LogP contribution in [-0.4, -0.2) is 42.2 Å². The van der Waals surface area contributed by atoms with E-state index in [0.717, 1.165) is 37.3 Å². The van der Waals surface area contributed by atoms with Crippen molar-refractivity contribution in [3.8, 4) is 0 Å². The maximum absolute atomic E-state index is 12.8. The Balaban J connectivity index is 1.44. The van der Waals surface area contributed by atoms with Crippen LogP contribution in [0.3, 0.4) is 0 Å². The molecule has 3 heterocycles. The van der Waals surface area contributed by atoms with E-state index in [1.165, 1.54) is 17.5 Å². The third kappa shape index (κ3) is 2.48. The molecule has 128 valence electrons. The lowest BCUT2D eigenvalue weighted by Gasteiger charge is -2.26. The first-order valence-corrected chi connectivity index (χ1v) is 8.92. The summed E-state index contributed by atoms with van der Waals surface area (Å²) in [7, 11) is 0. The molecular formula is C19H20N4O2. The molecule has 5 rings (SSSR count). The van der Waals surface area contributed by atoms with E-state index in [2.05, 4.69) is 33.1 Å². The van der Waals surface area contributed by atoms with Gasteiger partial charge in [-0.3, -0.25) is 4.79 Å². The van der Waals surface area contributed by atoms with Crippen molar-refractivity contribution >= 4 is 17.5 Å². The van der Waals surface area contributed by atoms with Gasteiger partial charge in [0.15, 0.2) is 0 Å². The van der Waals surface area contributed by atoms with Crippen molar-refractivity contribution in [3.63, 3.8) is 0 Å². The number of amides is 1. The quantitative estimate of drug-likeness (QED) is 0.839. The van der Waals surface area contributed by atoms with Crippen LogP contribution >= 0.6 is 0 Å². The summed E-state index contributed by atoms with van der Waals surface area (Å²) < 4.78 is 5.38. The average molecular weight is 336 g/mol. The minimum atomic E-state index is 0.00137. The molecule has 1 aliphatic carbocycles. The average Bonchev–Trinajstić information content (AvgIpc) is 3.26. The minimum Gasteiger partial charge on any atom is -0.378 e. The van der Waals surface area contributed by atoms with Crippen LogP contribution in [0.2, 0.25) is 0 Å². The number of morpholine rings is 1. The molecule has 0 saturated carbocycles. The molecule has 2 aromatic rings. The zero-order chi connectivity index (χ0) is 16.8. The molecule has 1 saturated heterocycles. The molecule has 0 radical (unpaired) electrons. The highest BCUT2D eigenvalue weighted by Crippen LogP contribution is 2.32. The molecule has 1 fully saturated rings. The van der Waals surface area contributed by atoms with Gasteiger partial charge < -0.3 is 14.5 Å². The van der Waals surface area contributed by atoms with Gasteiger partial charge in [0, 0.05) is 25.0 Å². The molecule has 0 spiro atoms. The van der Waals surface area contributed by atoms with E-state index >= 15 is 0 Å². The second-order valence-electron chi connectivity index (χ2n) is 6.83. The van der Waals surface area contributed by atoms with Crippen molar-refractivity contribution in [2.75, 3.05) is 36.1 Å². The number of aryl methyl sites for hydroxylation is 2. The minimum absolute atomic E-state index is 0.00137. The van der Waals surface area contributed by atoms with Crippen LogP contribution in [0, 0.1) is 0 Å². The highest BCUT2D eigenvalue weighted by molar-refractivity contribution is 6.09. The Kier molecular flexibility index (Phi) is 3.45. The zero-order valence-electron chi connectivity index (χ0n) is 14.1. The number of rotatable bonds is 2. The summed E-state index contributed by atoms with van der Waals surface area (Å²) in [6.45, 7) is 3.50. The zero-order valence-corrected chi connectivity index (χ0v) is 14.1. The van der Waals surface area contributed by atoms with Gasteiger partial charge in [-0.1, -0.05) is 6.07 Å². The van der Waals surface area contributed by atoms with Gasteiger partial charge in [0.2, 0.25) is 5.95 Å². The smallest absolute Gasteiger partial charge is 0.262 e. The maximum atomic E-state index is 12.8. The van der Waals surface area contributed by atoms with Crippen molar-refractivity contribution in [1.82, 2.24) is 9.97 Å². The van der Waals surface area contributed by atoms with Crippen LogP contribution < -0.4 is 9.80 Å². The van der Waals surface area contributed by atoms with E-state index in [-0.39, 0.29) is 5.91 Å². The fourth-order valence-electron chi connectivity index (χ4n) is 3.92. The molecule has 0 atom stereocenters. The van der Waals surface area contributed by atoms with Crippen LogP contribution in [0.5, 0.6) is 0 Å². The highest BCUT2D eigenvalue weighted by Gasteiger charge is 2.31. The van der Waals surface area contributed by atoms with Crippen LogP contribution in [-0.2, 0) is 24.1 Å². The third-order valence-corrected chi connectivity index (χ3v) is 5.33. The molecule has 0 bridgehead atoms. The van der Waals surface area contributed by atoms with E-state index in [4.69, 9.17) is 4.74 Å². The number of ether oxygens (including phenoxy) is 1. The first-order chi connectivity index (χ1) is 12.3. The monoisotopic (exact) mass is 336 g/mol. The molecule has 1 aromatic carbocycles. The van der Waals surface area contributed by atoms with Gasteiger partial charge in [-0.2, -0.15) is 0 Å². The summed E-state index contributed by atoms with van der Waals surface area (Å²) >= 11 is 0. The Bertz CT molecular complexity index is 845. The van der Waals surface area contributed by atoms with Gasteiger partial charge in [0.1, 0.15) is 0 Å². The summed E-state index contributed by atoms with van der Waals surface area (Å²) in [6.07, 6.45) is 5.15. The molecule has 1 aromatic heterocycles. The van der Waals surface area contributed by atoms with Gasteiger partial charge in [-0.15, -0.1) is 0 Å². The molecule has 6 nitrogen and oxygen atoms in total. The first-order valence-electron chi connectivity index (χ1n) is 8.92. The molecular weight excluding hydrogens is 316 g/mol. The Morgan fingerprint density at radius 2 is 1.92 bits per heavy atom. The van der Waals surface area contributed by atoms with Crippen LogP contribution in [0.25, 0.3) is 0 Å². The maximum Gasteiger partial charge on any atom is 0.262 e. The van der Waals surface area contributed by atoms with Crippen LogP contribution in [0.1, 0.15) is 33.6 Å². The van der Waals surface area contributed by atoms with E-state index in [0.29, 0.717) is 31.3 Å². The summed E-state index contributed by atoms with van der Waals surface area (Å²) in [5.74, 6) is 0.701. The van der Waals surface area contributed by atoms with Gasteiger partial charge in [-0.05, 0) is 42.5 Å². The van der Waals surface area contributed by atoms with Crippen LogP contribution in [0.4, 0.5) is 11.6 Å². The Morgan fingerprint density at radius 1 is 1.08 bits per heavy atom. The lowest BCUT2D eigenvalue weighted by molar-refractivity contribution is 0.0996. The predicted octanol–water partition coefficient (Wildman–Crippen LogP) is 1.96. The van der Waals surface area contributed by atoms with Crippen molar-refractivity contribution in [3.05, 3.63) is 46.8 Å². The SMILES string of the molecule is O=C1c2cnc(N3CCOCC3)nc2CN1c1ccc2c(c1)CCC2. The number of carbonyl (C=O) groups is 1. The number of nitrogens with zero attached hydrogens (tertiary/aromatic N) is 4. The summed E-state index contributed by atoms with van der Waals surface area (Å²) in [5, 5.41) is 0. The summed E-state index contributed by atoms with van der Waals surface area (Å²) in [6, 6.07) is 6.39. The van der Waals surface area contributed by atoms with E-state index in [9.17, 15) is 4.79 Å². The van der Waals surface area contributed by atoms with Crippen molar-refractivity contribution in [1.29, 1.82) is 0 Å². The third-order valence-electron chi connectivity index (χ3n) is 5.33. The second-order valence-corrected chi connectivity index (χ2v) is 6.83. The fraction of sp³-hybridized carbons (Fsp3) is 0.421. The lowest BCUT2D eigenvalue weighted by Crippen LogP contribution is -2.37. The van der Waals surface area contributed by atoms with E-state index < -0.39 is 0 Å². The van der Waals surface area contributed by atoms with Crippen molar-refractivity contribution < 1.29 is 9.53 Å². The fourth-order valence-corrected chi connectivity index (χ4v) is 3.92. The molecule has 0 unspecified atom stereocenters. The normalized spacial score (nSPS) is 19.3. The Morgan fingerprint density at radius 3 is 2.80 bits per heavy atom. The largest absolute Gasteiger partial charge is 0.378 e. The number of anilines is 2. The van der Waals surface area contributed by atoms with E-state index in [1.807, 2.05) is 4.90 Å². The molecule has 3 aliphatic rings. The number of hydrogen-bond donors (Lipinski definition) is 0. The lowest BCUT2D eigenvalue weighted by atomic mass is 10.1. The highest BCUT2D eigenvalue weighted by atomic mass is 16.5. The van der Waals surface area contributed by atoms with Crippen molar-refractivity contribution in [2.24, 2.45) is 0 Å². The van der Waals surface area contributed by atoms with Gasteiger partial charge in [0.05, 0.1) is 31.0 Å². The molecule has 6 heteroatoms. The number of benzene rings is 1. The number of aromatic nitrogens is 2. The molecule has 25 heavy (non-hydrogen) atoms. The molecule has 0 N–H and O–H groups in total. The number of fused-ring (bicyclic) bond motifs is 2. The standard InChI is InChI=1S/C19H20N4O2/c24-18-16-11-20-19(22-6-8-25-9-7-22)21-17(16)12-23(18)15-5-4-13-2-1-3-14(13)10-15/h4-5,10-11H,1-3,6-9,12H2. The number of carbonyl (C=O) groups excluding carboxylic acids is 1. The Hall–Kier alpha value is -2.47. The predicted molar refractivity (Wildman–Crippen MR) is 94.0 cm³/mol. The second kappa shape index (κ2) is 5.81. The van der Waals surface area contributed by atoms with Gasteiger partial charge >= 0.3 is 0 Å². The van der Waals surface area contributed by atoms with Crippen molar-refractivity contribution in [2.45, 2.75) is 25.8 Å².